The molecular weight excluding hydrogens is 400 g/mol. The molecule has 0 bridgehead atoms. The van der Waals surface area contributed by atoms with Crippen molar-refractivity contribution < 1.29 is 9.84 Å². The van der Waals surface area contributed by atoms with E-state index in [2.05, 4.69) is 86.3 Å². The van der Waals surface area contributed by atoms with Gasteiger partial charge in [0.1, 0.15) is 17.8 Å². The maximum atomic E-state index is 8.50. The highest BCUT2D eigenvalue weighted by Crippen LogP contribution is 2.29. The number of hydrogen-bond donors (Lipinski definition) is 3. The van der Waals surface area contributed by atoms with Crippen LogP contribution in [0.15, 0.2) is 54.9 Å². The van der Waals surface area contributed by atoms with Crippen LogP contribution in [0.4, 0.5) is 0 Å². The number of rotatable bonds is 6. The highest BCUT2D eigenvalue weighted by Gasteiger charge is 2.14. The van der Waals surface area contributed by atoms with Crippen LogP contribution in [0, 0.1) is 0 Å². The van der Waals surface area contributed by atoms with Crippen molar-refractivity contribution >= 4 is 0 Å². The summed E-state index contributed by atoms with van der Waals surface area (Å²) in [4.78, 5) is 3.96. The number of benzene rings is 2. The van der Waals surface area contributed by atoms with Gasteiger partial charge in [-0.05, 0) is 53.1 Å². The zero-order valence-electron chi connectivity index (χ0n) is 20.4. The van der Waals surface area contributed by atoms with Gasteiger partial charge < -0.3 is 15.2 Å². The Bertz CT molecular complexity index is 851. The first-order chi connectivity index (χ1) is 15.0. The Kier molecular flexibility index (Phi) is 8.99. The molecule has 0 saturated carbocycles. The highest BCUT2D eigenvalue weighted by molar-refractivity contribution is 5.37. The van der Waals surface area contributed by atoms with Crippen LogP contribution in [0.25, 0.3) is 0 Å². The van der Waals surface area contributed by atoms with E-state index in [9.17, 15) is 0 Å². The lowest BCUT2D eigenvalue weighted by atomic mass is 9.87. The molecule has 3 rings (SSSR count). The number of aromatic nitrogens is 3. The van der Waals surface area contributed by atoms with E-state index in [4.69, 9.17) is 9.84 Å². The Hall–Kier alpha value is -2.70. The van der Waals surface area contributed by atoms with Crippen LogP contribution >= 0.6 is 0 Å². The lowest BCUT2D eigenvalue weighted by Crippen LogP contribution is -2.22. The van der Waals surface area contributed by atoms with Gasteiger partial charge in [-0.2, -0.15) is 5.10 Å². The van der Waals surface area contributed by atoms with Gasteiger partial charge in [0.15, 0.2) is 5.82 Å². The molecule has 0 aliphatic rings. The van der Waals surface area contributed by atoms with Crippen molar-refractivity contribution in [2.45, 2.75) is 65.3 Å². The summed E-state index contributed by atoms with van der Waals surface area (Å²) < 4.78 is 5.91. The third-order valence-electron chi connectivity index (χ3n) is 5.06. The summed E-state index contributed by atoms with van der Waals surface area (Å²) in [5.74, 6) is 2.48. The first kappa shape index (κ1) is 25.6. The Labute approximate surface area is 192 Å². The van der Waals surface area contributed by atoms with Gasteiger partial charge in [0.05, 0.1) is 12.6 Å². The summed E-state index contributed by atoms with van der Waals surface area (Å²) in [6.07, 6.45) is 1.53. The predicted molar refractivity (Wildman–Crippen MR) is 130 cm³/mol. The van der Waals surface area contributed by atoms with Gasteiger partial charge >= 0.3 is 0 Å². The minimum Gasteiger partial charge on any atom is -0.457 e. The molecule has 32 heavy (non-hydrogen) atoms. The van der Waals surface area contributed by atoms with E-state index in [1.807, 2.05) is 31.2 Å². The molecule has 0 aliphatic carbocycles. The zero-order valence-corrected chi connectivity index (χ0v) is 20.4. The molecular formula is C26H38N4O2. The van der Waals surface area contributed by atoms with E-state index in [1.54, 1.807) is 0 Å². The molecule has 1 heterocycles. The summed E-state index contributed by atoms with van der Waals surface area (Å²) in [5.41, 5.74) is 2.98. The molecule has 1 atom stereocenters. The Morgan fingerprint density at radius 1 is 0.875 bits per heavy atom. The average Bonchev–Trinajstić information content (AvgIpc) is 3.27. The first-order valence-electron chi connectivity index (χ1n) is 11.1. The van der Waals surface area contributed by atoms with E-state index >= 15 is 0 Å². The minimum absolute atomic E-state index is 0.0911. The molecule has 0 aliphatic heterocycles. The SMILES string of the molecule is CC(C)(C)c1ccc(Oc2ccc(C(C)(C)C)cc2)cc1.CC(NCCO)c1nc[nH]n1. The molecule has 6 heteroatoms. The number of aliphatic hydroxyl groups excluding tert-OH is 1. The fourth-order valence-electron chi connectivity index (χ4n) is 2.98. The second-order valence-corrected chi connectivity index (χ2v) is 9.91. The van der Waals surface area contributed by atoms with Crippen LogP contribution in [0.5, 0.6) is 11.5 Å². The quantitative estimate of drug-likeness (QED) is 0.472. The van der Waals surface area contributed by atoms with Crippen molar-refractivity contribution in [1.82, 2.24) is 20.5 Å². The fourth-order valence-corrected chi connectivity index (χ4v) is 2.98. The molecule has 0 spiro atoms. The lowest BCUT2D eigenvalue weighted by molar-refractivity contribution is 0.285. The standard InChI is InChI=1S/C20H26O.C6H12N4O/c1-19(2,3)15-7-11-17(12-8-15)21-18-13-9-16(10-14-18)20(4,5)6;1-5(7-2-3-11)6-8-4-9-10-6/h7-14H,1-6H3;4-5,7,11H,2-3H2,1H3,(H,8,9,10). The molecule has 0 radical (unpaired) electrons. The van der Waals surface area contributed by atoms with Crippen molar-refractivity contribution in [1.29, 1.82) is 0 Å². The number of H-pyrrole nitrogens is 1. The molecule has 1 aromatic heterocycles. The monoisotopic (exact) mass is 438 g/mol. The van der Waals surface area contributed by atoms with Gasteiger partial charge in [0, 0.05) is 6.54 Å². The van der Waals surface area contributed by atoms with Crippen LogP contribution in [0.3, 0.4) is 0 Å². The van der Waals surface area contributed by atoms with Crippen molar-refractivity contribution in [2.75, 3.05) is 13.2 Å². The second kappa shape index (κ2) is 11.2. The number of aromatic amines is 1. The number of nitrogens with one attached hydrogen (secondary N) is 2. The highest BCUT2D eigenvalue weighted by atomic mass is 16.5. The fraction of sp³-hybridized carbons (Fsp3) is 0.462. The Morgan fingerprint density at radius 2 is 1.34 bits per heavy atom. The summed E-state index contributed by atoms with van der Waals surface area (Å²) >= 11 is 0. The topological polar surface area (TPSA) is 83.1 Å². The summed E-state index contributed by atoms with van der Waals surface area (Å²) in [6.45, 7) is 15.9. The third kappa shape index (κ3) is 8.09. The lowest BCUT2D eigenvalue weighted by Gasteiger charge is -2.20. The molecule has 6 nitrogen and oxygen atoms in total. The van der Waals surface area contributed by atoms with Crippen molar-refractivity contribution in [3.05, 3.63) is 71.8 Å². The first-order valence-corrected chi connectivity index (χ1v) is 11.1. The number of nitrogens with zero attached hydrogens (tertiary/aromatic N) is 2. The van der Waals surface area contributed by atoms with Crippen LogP contribution in [-0.2, 0) is 10.8 Å². The number of aliphatic hydroxyl groups is 1. The average molecular weight is 439 g/mol. The Balaban J connectivity index is 0.000000278. The van der Waals surface area contributed by atoms with E-state index in [0.29, 0.717) is 6.54 Å². The normalized spacial score (nSPS) is 12.6. The van der Waals surface area contributed by atoms with Crippen LogP contribution < -0.4 is 10.1 Å². The summed E-state index contributed by atoms with van der Waals surface area (Å²) in [7, 11) is 0. The van der Waals surface area contributed by atoms with Gasteiger partial charge in [0.2, 0.25) is 0 Å². The maximum absolute atomic E-state index is 8.50. The second-order valence-electron chi connectivity index (χ2n) is 9.91. The number of hydrogen-bond acceptors (Lipinski definition) is 5. The van der Waals surface area contributed by atoms with Crippen molar-refractivity contribution in [3.8, 4) is 11.5 Å². The van der Waals surface area contributed by atoms with Gasteiger partial charge in [-0.15, -0.1) is 0 Å². The molecule has 0 fully saturated rings. The molecule has 3 aromatic rings. The smallest absolute Gasteiger partial charge is 0.166 e. The van der Waals surface area contributed by atoms with Gasteiger partial charge in [-0.1, -0.05) is 65.8 Å². The van der Waals surface area contributed by atoms with Crippen LogP contribution in [0.1, 0.15) is 71.5 Å². The van der Waals surface area contributed by atoms with E-state index in [-0.39, 0.29) is 23.5 Å². The molecule has 1 unspecified atom stereocenters. The Morgan fingerprint density at radius 3 is 1.69 bits per heavy atom. The van der Waals surface area contributed by atoms with Gasteiger partial charge in [-0.3, -0.25) is 5.10 Å². The van der Waals surface area contributed by atoms with Crippen LogP contribution in [0.2, 0.25) is 0 Å². The van der Waals surface area contributed by atoms with Crippen LogP contribution in [-0.4, -0.2) is 33.4 Å². The predicted octanol–water partition coefficient (Wildman–Crippen LogP) is 5.52. The van der Waals surface area contributed by atoms with Gasteiger partial charge in [-0.25, -0.2) is 4.98 Å². The molecule has 0 saturated heterocycles. The zero-order chi connectivity index (χ0) is 23.8. The van der Waals surface area contributed by atoms with E-state index in [1.165, 1.54) is 17.5 Å². The number of ether oxygens (including phenoxy) is 1. The third-order valence-corrected chi connectivity index (χ3v) is 5.06. The van der Waals surface area contributed by atoms with Crippen molar-refractivity contribution in [2.24, 2.45) is 0 Å². The van der Waals surface area contributed by atoms with E-state index in [0.717, 1.165) is 17.3 Å². The maximum Gasteiger partial charge on any atom is 0.166 e. The summed E-state index contributed by atoms with van der Waals surface area (Å²) in [6, 6.07) is 16.8. The van der Waals surface area contributed by atoms with Gasteiger partial charge in [0.25, 0.3) is 0 Å². The minimum atomic E-state index is 0.0911. The van der Waals surface area contributed by atoms with E-state index < -0.39 is 0 Å². The molecule has 0 amide bonds. The van der Waals surface area contributed by atoms with Crippen molar-refractivity contribution in [3.63, 3.8) is 0 Å². The molecule has 3 N–H and O–H groups in total. The largest absolute Gasteiger partial charge is 0.457 e. The molecule has 174 valence electrons. The summed E-state index contributed by atoms with van der Waals surface area (Å²) in [5, 5.41) is 18.1. The molecule has 2 aromatic carbocycles.